The highest BCUT2D eigenvalue weighted by molar-refractivity contribution is 5.89. The fourth-order valence-corrected chi connectivity index (χ4v) is 5.22. The van der Waals surface area contributed by atoms with E-state index in [1.54, 1.807) is 24.1 Å². The topological polar surface area (TPSA) is 64.1 Å². The van der Waals surface area contributed by atoms with Gasteiger partial charge in [0.05, 0.1) is 5.92 Å². The number of rotatable bonds is 9. The fourth-order valence-electron chi connectivity index (χ4n) is 5.22. The van der Waals surface area contributed by atoms with Crippen LogP contribution in [0.3, 0.4) is 0 Å². The molecule has 2 heterocycles. The largest absolute Gasteiger partial charge is 0.508 e. The number of carbonyl (C=O) groups excluding carboxylic acids is 2. The molecule has 2 saturated heterocycles. The van der Waals surface area contributed by atoms with Crippen molar-refractivity contribution in [2.45, 2.75) is 38.6 Å². The summed E-state index contributed by atoms with van der Waals surface area (Å²) in [4.78, 5) is 31.4. The number of hydrogen-bond donors (Lipinski definition) is 1. The van der Waals surface area contributed by atoms with Crippen LogP contribution in [0.2, 0.25) is 0 Å². The second-order valence-corrected chi connectivity index (χ2v) is 9.93. The van der Waals surface area contributed by atoms with Crippen LogP contribution >= 0.6 is 0 Å². The Hall–Kier alpha value is -2.86. The summed E-state index contributed by atoms with van der Waals surface area (Å²) < 4.78 is 0. The Morgan fingerprint density at radius 2 is 1.74 bits per heavy atom. The normalized spacial score (nSPS) is 19.5. The molecule has 2 aromatic rings. The van der Waals surface area contributed by atoms with Gasteiger partial charge in [-0.15, -0.1) is 0 Å². The minimum atomic E-state index is -0.261. The SMILES string of the molecule is CN1CC(C(=O)N(CCCN2CCC(Cc3ccccc3)CC2)Cc2ccc(O)cc2)CC1=O. The molecule has 0 saturated carbocycles. The van der Waals surface area contributed by atoms with E-state index in [4.69, 9.17) is 0 Å². The van der Waals surface area contributed by atoms with Crippen LogP contribution in [-0.4, -0.2) is 71.4 Å². The summed E-state index contributed by atoms with van der Waals surface area (Å²) in [6, 6.07) is 17.8. The molecule has 0 aromatic heterocycles. The molecule has 1 atom stereocenters. The van der Waals surface area contributed by atoms with Gasteiger partial charge in [-0.05, 0) is 74.5 Å². The van der Waals surface area contributed by atoms with E-state index in [1.807, 2.05) is 17.0 Å². The van der Waals surface area contributed by atoms with Crippen LogP contribution < -0.4 is 0 Å². The van der Waals surface area contributed by atoms with Gasteiger partial charge in [-0.1, -0.05) is 42.5 Å². The summed E-state index contributed by atoms with van der Waals surface area (Å²) in [6.45, 7) is 4.90. The number of amides is 2. The van der Waals surface area contributed by atoms with Gasteiger partial charge in [0.15, 0.2) is 0 Å². The third kappa shape index (κ3) is 6.60. The zero-order valence-electron chi connectivity index (χ0n) is 20.2. The van der Waals surface area contributed by atoms with Crippen LogP contribution in [0, 0.1) is 11.8 Å². The average molecular weight is 464 g/mol. The first-order valence-electron chi connectivity index (χ1n) is 12.5. The lowest BCUT2D eigenvalue weighted by Gasteiger charge is -2.33. The van der Waals surface area contributed by atoms with Crippen LogP contribution in [0.1, 0.15) is 36.8 Å². The summed E-state index contributed by atoms with van der Waals surface area (Å²) in [5.41, 5.74) is 2.42. The van der Waals surface area contributed by atoms with Crippen LogP contribution in [0.4, 0.5) is 0 Å². The molecule has 182 valence electrons. The Kier molecular flexibility index (Phi) is 8.22. The third-order valence-corrected chi connectivity index (χ3v) is 7.29. The summed E-state index contributed by atoms with van der Waals surface area (Å²) in [7, 11) is 1.77. The lowest BCUT2D eigenvalue weighted by Crippen LogP contribution is -2.40. The predicted octanol–water partition coefficient (Wildman–Crippen LogP) is 3.54. The number of benzene rings is 2. The van der Waals surface area contributed by atoms with E-state index in [1.165, 1.54) is 18.4 Å². The van der Waals surface area contributed by atoms with Crippen molar-refractivity contribution in [2.24, 2.45) is 11.8 Å². The molecule has 0 aliphatic carbocycles. The fraction of sp³-hybridized carbons (Fsp3) is 0.500. The van der Waals surface area contributed by atoms with Gasteiger partial charge in [0, 0.05) is 33.1 Å². The van der Waals surface area contributed by atoms with Gasteiger partial charge >= 0.3 is 0 Å². The maximum atomic E-state index is 13.3. The number of hydrogen-bond acceptors (Lipinski definition) is 4. The van der Waals surface area contributed by atoms with Crippen molar-refractivity contribution in [3.05, 3.63) is 65.7 Å². The van der Waals surface area contributed by atoms with Crippen molar-refractivity contribution >= 4 is 11.8 Å². The minimum absolute atomic E-state index is 0.0429. The maximum Gasteiger partial charge on any atom is 0.228 e. The number of phenols is 1. The number of carbonyl (C=O) groups is 2. The van der Waals surface area contributed by atoms with Crippen molar-refractivity contribution in [1.82, 2.24) is 14.7 Å². The van der Waals surface area contributed by atoms with Crippen molar-refractivity contribution < 1.29 is 14.7 Å². The number of aromatic hydroxyl groups is 1. The van der Waals surface area contributed by atoms with Gasteiger partial charge < -0.3 is 19.8 Å². The first-order chi connectivity index (χ1) is 16.5. The highest BCUT2D eigenvalue weighted by Crippen LogP contribution is 2.23. The highest BCUT2D eigenvalue weighted by Gasteiger charge is 2.34. The van der Waals surface area contributed by atoms with Crippen LogP contribution in [0.5, 0.6) is 5.75 Å². The Morgan fingerprint density at radius 3 is 2.38 bits per heavy atom. The van der Waals surface area contributed by atoms with Crippen molar-refractivity contribution in [2.75, 3.05) is 39.8 Å². The molecular weight excluding hydrogens is 426 g/mol. The second kappa shape index (κ2) is 11.5. The number of piperidine rings is 1. The molecule has 2 aliphatic heterocycles. The molecule has 2 amide bonds. The van der Waals surface area contributed by atoms with E-state index in [9.17, 15) is 14.7 Å². The quantitative estimate of drug-likeness (QED) is 0.618. The predicted molar refractivity (Wildman–Crippen MR) is 133 cm³/mol. The summed E-state index contributed by atoms with van der Waals surface area (Å²) in [6.07, 6.45) is 4.83. The molecule has 34 heavy (non-hydrogen) atoms. The zero-order chi connectivity index (χ0) is 23.9. The van der Waals surface area contributed by atoms with E-state index in [-0.39, 0.29) is 23.5 Å². The summed E-state index contributed by atoms with van der Waals surface area (Å²) in [5.74, 6) is 0.820. The molecule has 2 fully saturated rings. The first-order valence-corrected chi connectivity index (χ1v) is 12.5. The Bertz CT molecular complexity index is 939. The van der Waals surface area contributed by atoms with Gasteiger partial charge in [-0.25, -0.2) is 0 Å². The molecular formula is C28H37N3O3. The Morgan fingerprint density at radius 1 is 1.03 bits per heavy atom. The van der Waals surface area contributed by atoms with E-state index >= 15 is 0 Å². The molecule has 6 heteroatoms. The van der Waals surface area contributed by atoms with Crippen molar-refractivity contribution in [1.29, 1.82) is 0 Å². The number of phenolic OH excluding ortho intramolecular Hbond substituents is 1. The van der Waals surface area contributed by atoms with E-state index in [0.717, 1.165) is 44.0 Å². The molecule has 0 spiro atoms. The third-order valence-electron chi connectivity index (χ3n) is 7.29. The molecule has 4 rings (SSSR count). The lowest BCUT2D eigenvalue weighted by atomic mass is 9.90. The first kappa shape index (κ1) is 24.3. The van der Waals surface area contributed by atoms with Gasteiger partial charge in [-0.2, -0.15) is 0 Å². The summed E-state index contributed by atoms with van der Waals surface area (Å²) in [5, 5.41) is 9.59. The molecule has 0 bridgehead atoms. The molecule has 6 nitrogen and oxygen atoms in total. The Labute approximate surface area is 203 Å². The maximum absolute atomic E-state index is 13.3. The number of nitrogens with zero attached hydrogens (tertiary/aromatic N) is 3. The minimum Gasteiger partial charge on any atom is -0.508 e. The van der Waals surface area contributed by atoms with Crippen LogP contribution in [0.15, 0.2) is 54.6 Å². The van der Waals surface area contributed by atoms with Crippen LogP contribution in [0.25, 0.3) is 0 Å². The summed E-state index contributed by atoms with van der Waals surface area (Å²) >= 11 is 0. The van der Waals surface area contributed by atoms with E-state index < -0.39 is 0 Å². The Balaban J connectivity index is 1.27. The van der Waals surface area contributed by atoms with Gasteiger partial charge in [0.25, 0.3) is 0 Å². The van der Waals surface area contributed by atoms with Gasteiger partial charge in [0.2, 0.25) is 11.8 Å². The van der Waals surface area contributed by atoms with Crippen LogP contribution in [-0.2, 0) is 22.6 Å². The standard InChI is InChI=1S/C28H37N3O3/c1-29-21-25(19-27(29)33)28(34)31(20-24-8-10-26(32)11-9-24)15-5-14-30-16-12-23(13-17-30)18-22-6-3-2-4-7-22/h2-4,6-11,23,25,32H,5,12-21H2,1H3. The van der Waals surface area contributed by atoms with Crippen molar-refractivity contribution in [3.63, 3.8) is 0 Å². The average Bonchev–Trinajstić information content (AvgIpc) is 3.19. The molecule has 1 unspecified atom stereocenters. The highest BCUT2D eigenvalue weighted by atomic mass is 16.3. The van der Waals surface area contributed by atoms with Gasteiger partial charge in [0.1, 0.15) is 5.75 Å². The van der Waals surface area contributed by atoms with E-state index in [0.29, 0.717) is 26.1 Å². The molecule has 0 radical (unpaired) electrons. The monoisotopic (exact) mass is 463 g/mol. The lowest BCUT2D eigenvalue weighted by molar-refractivity contribution is -0.136. The van der Waals surface area contributed by atoms with Crippen molar-refractivity contribution in [3.8, 4) is 5.75 Å². The molecule has 2 aliphatic rings. The number of likely N-dealkylation sites (tertiary alicyclic amines) is 2. The molecule has 2 aromatic carbocycles. The smallest absolute Gasteiger partial charge is 0.228 e. The second-order valence-electron chi connectivity index (χ2n) is 9.93. The molecule has 1 N–H and O–H groups in total. The van der Waals surface area contributed by atoms with Gasteiger partial charge in [-0.3, -0.25) is 9.59 Å². The van der Waals surface area contributed by atoms with E-state index in [2.05, 4.69) is 35.2 Å². The zero-order valence-corrected chi connectivity index (χ0v) is 20.2.